The van der Waals surface area contributed by atoms with E-state index in [1.807, 2.05) is 0 Å². The van der Waals surface area contributed by atoms with Gasteiger partial charge in [-0.05, 0) is 18.2 Å². The maximum Gasteiger partial charge on any atom is 0.271 e. The normalized spacial score (nSPS) is 10.7. The zero-order valence-electron chi connectivity index (χ0n) is 11.0. The molecule has 1 heterocycles. The summed E-state index contributed by atoms with van der Waals surface area (Å²) >= 11 is 0. The third-order valence-corrected chi connectivity index (χ3v) is 3.15. The highest BCUT2D eigenvalue weighted by Gasteiger charge is 2.14. The first-order chi connectivity index (χ1) is 10.1. The number of nitro groups is 1. The second-order valence-electron chi connectivity index (χ2n) is 4.40. The van der Waals surface area contributed by atoms with Gasteiger partial charge in [-0.15, -0.1) is 0 Å². The molecule has 0 aliphatic heterocycles. The number of rotatable bonds is 3. The van der Waals surface area contributed by atoms with Gasteiger partial charge in [0.1, 0.15) is 5.82 Å². The van der Waals surface area contributed by atoms with Gasteiger partial charge in [0.15, 0.2) is 11.5 Å². The predicted octanol–water partition coefficient (Wildman–Crippen LogP) is 2.85. The molecule has 0 amide bonds. The highest BCUT2D eigenvalue weighted by atomic mass is 16.6. The van der Waals surface area contributed by atoms with Crippen LogP contribution in [0, 0.1) is 10.1 Å². The van der Waals surface area contributed by atoms with E-state index < -0.39 is 4.92 Å². The van der Waals surface area contributed by atoms with E-state index in [1.54, 1.807) is 24.3 Å². The number of nitrogens with one attached hydrogen (secondary N) is 1. The van der Waals surface area contributed by atoms with Gasteiger partial charge >= 0.3 is 0 Å². The molecular formula is C14H11N3O4. The number of methoxy groups -OCH3 is 1. The zero-order chi connectivity index (χ0) is 15.0. The number of para-hydroxylation sites is 1. The van der Waals surface area contributed by atoms with Gasteiger partial charge in [0.25, 0.3) is 5.69 Å². The number of nitrogens with zero attached hydrogens (tertiary/aromatic N) is 2. The molecule has 2 aromatic carbocycles. The maximum absolute atomic E-state index is 10.8. The Balaban J connectivity index is 2.15. The number of benzene rings is 2. The minimum atomic E-state index is -0.469. The molecule has 0 saturated carbocycles. The average Bonchev–Trinajstić information content (AvgIpc) is 2.90. The van der Waals surface area contributed by atoms with Crippen LogP contribution in [0.25, 0.3) is 22.4 Å². The van der Waals surface area contributed by atoms with Crippen LogP contribution in [0.5, 0.6) is 11.5 Å². The van der Waals surface area contributed by atoms with Crippen molar-refractivity contribution in [3.8, 4) is 22.9 Å². The van der Waals surface area contributed by atoms with Gasteiger partial charge in [0.2, 0.25) is 0 Å². The first-order valence-electron chi connectivity index (χ1n) is 6.10. The molecule has 0 fully saturated rings. The van der Waals surface area contributed by atoms with E-state index in [1.165, 1.54) is 19.2 Å². The molecule has 0 atom stereocenters. The minimum absolute atomic E-state index is 0.0208. The van der Waals surface area contributed by atoms with E-state index >= 15 is 0 Å². The standard InChI is InChI=1S/C14H11N3O4/c1-21-12-4-2-3-9(13(12)18)14-15-10-6-5-8(17(19)20)7-11(10)16-14/h2-7,18H,1H3,(H,15,16). The fourth-order valence-corrected chi connectivity index (χ4v) is 2.12. The van der Waals surface area contributed by atoms with E-state index in [0.29, 0.717) is 28.2 Å². The maximum atomic E-state index is 10.8. The number of imidazole rings is 1. The summed E-state index contributed by atoms with van der Waals surface area (Å²) in [6.07, 6.45) is 0. The lowest BCUT2D eigenvalue weighted by Crippen LogP contribution is -1.87. The lowest BCUT2D eigenvalue weighted by molar-refractivity contribution is -0.384. The summed E-state index contributed by atoms with van der Waals surface area (Å²) in [5.41, 5.74) is 1.56. The van der Waals surface area contributed by atoms with Crippen LogP contribution < -0.4 is 4.74 Å². The monoisotopic (exact) mass is 285 g/mol. The third kappa shape index (κ3) is 2.14. The Morgan fingerprint density at radius 2 is 2.14 bits per heavy atom. The average molecular weight is 285 g/mol. The van der Waals surface area contributed by atoms with Crippen molar-refractivity contribution in [2.45, 2.75) is 0 Å². The Kier molecular flexibility index (Phi) is 2.94. The van der Waals surface area contributed by atoms with Crippen LogP contribution in [-0.4, -0.2) is 27.1 Å². The molecule has 21 heavy (non-hydrogen) atoms. The molecule has 0 bridgehead atoms. The van der Waals surface area contributed by atoms with Gasteiger partial charge in [0.05, 0.1) is 28.6 Å². The lowest BCUT2D eigenvalue weighted by atomic mass is 10.2. The van der Waals surface area contributed by atoms with Crippen molar-refractivity contribution in [2.24, 2.45) is 0 Å². The molecule has 3 rings (SSSR count). The molecule has 7 heteroatoms. The number of H-pyrrole nitrogens is 1. The fourth-order valence-electron chi connectivity index (χ4n) is 2.12. The Labute approximate surface area is 119 Å². The van der Waals surface area contributed by atoms with Crippen LogP contribution >= 0.6 is 0 Å². The summed E-state index contributed by atoms with van der Waals surface area (Å²) in [5, 5.41) is 20.9. The van der Waals surface area contributed by atoms with Gasteiger partial charge in [-0.1, -0.05) is 6.07 Å². The molecule has 0 unspecified atom stereocenters. The summed E-state index contributed by atoms with van der Waals surface area (Å²) in [4.78, 5) is 17.6. The van der Waals surface area contributed by atoms with E-state index in [2.05, 4.69) is 9.97 Å². The highest BCUT2D eigenvalue weighted by Crippen LogP contribution is 2.36. The number of hydrogen-bond acceptors (Lipinski definition) is 5. The number of hydrogen-bond donors (Lipinski definition) is 2. The Morgan fingerprint density at radius 3 is 2.86 bits per heavy atom. The van der Waals surface area contributed by atoms with Crippen molar-refractivity contribution < 1.29 is 14.8 Å². The van der Waals surface area contributed by atoms with Crippen LogP contribution in [0.2, 0.25) is 0 Å². The third-order valence-electron chi connectivity index (χ3n) is 3.15. The summed E-state index contributed by atoms with van der Waals surface area (Å²) in [6.45, 7) is 0. The Bertz CT molecular complexity index is 841. The summed E-state index contributed by atoms with van der Waals surface area (Å²) in [5.74, 6) is 0.717. The van der Waals surface area contributed by atoms with Crippen LogP contribution in [-0.2, 0) is 0 Å². The number of non-ortho nitro benzene ring substituents is 1. The largest absolute Gasteiger partial charge is 0.504 e. The van der Waals surface area contributed by atoms with Crippen LogP contribution in [0.1, 0.15) is 0 Å². The molecule has 0 spiro atoms. The molecular weight excluding hydrogens is 274 g/mol. The zero-order valence-corrected chi connectivity index (χ0v) is 11.0. The summed E-state index contributed by atoms with van der Waals surface area (Å²) < 4.78 is 5.05. The van der Waals surface area contributed by atoms with Crippen LogP contribution in [0.4, 0.5) is 5.69 Å². The van der Waals surface area contributed by atoms with E-state index in [9.17, 15) is 15.2 Å². The smallest absolute Gasteiger partial charge is 0.271 e. The topological polar surface area (TPSA) is 101 Å². The van der Waals surface area contributed by atoms with Crippen LogP contribution in [0.15, 0.2) is 36.4 Å². The van der Waals surface area contributed by atoms with Crippen molar-refractivity contribution in [2.75, 3.05) is 7.11 Å². The Morgan fingerprint density at radius 1 is 1.33 bits per heavy atom. The van der Waals surface area contributed by atoms with Crippen molar-refractivity contribution in [1.82, 2.24) is 9.97 Å². The molecule has 106 valence electrons. The number of ether oxygens (including phenoxy) is 1. The Hall–Kier alpha value is -3.09. The number of aromatic nitrogens is 2. The van der Waals surface area contributed by atoms with Gasteiger partial charge in [-0.2, -0.15) is 0 Å². The summed E-state index contributed by atoms with van der Waals surface area (Å²) in [7, 11) is 1.46. The number of phenols is 1. The van der Waals surface area contributed by atoms with E-state index in [0.717, 1.165) is 0 Å². The van der Waals surface area contributed by atoms with E-state index in [-0.39, 0.29) is 11.4 Å². The van der Waals surface area contributed by atoms with Crippen molar-refractivity contribution in [3.05, 3.63) is 46.5 Å². The van der Waals surface area contributed by atoms with Crippen LogP contribution in [0.3, 0.4) is 0 Å². The first-order valence-corrected chi connectivity index (χ1v) is 6.10. The molecule has 0 aliphatic rings. The van der Waals surface area contributed by atoms with Crippen molar-refractivity contribution in [3.63, 3.8) is 0 Å². The fraction of sp³-hybridized carbons (Fsp3) is 0.0714. The van der Waals surface area contributed by atoms with Gasteiger partial charge in [-0.25, -0.2) is 4.98 Å². The first kappa shape index (κ1) is 12.9. The van der Waals surface area contributed by atoms with Crippen molar-refractivity contribution in [1.29, 1.82) is 0 Å². The van der Waals surface area contributed by atoms with E-state index in [4.69, 9.17) is 4.74 Å². The number of nitro benzene ring substituents is 1. The molecule has 1 aromatic heterocycles. The second kappa shape index (κ2) is 4.78. The molecule has 2 N–H and O–H groups in total. The molecule has 7 nitrogen and oxygen atoms in total. The molecule has 3 aromatic rings. The van der Waals surface area contributed by atoms with Gasteiger partial charge in [0, 0.05) is 12.1 Å². The number of phenolic OH excluding ortho intramolecular Hbond substituents is 1. The molecule has 0 saturated heterocycles. The molecule has 0 radical (unpaired) electrons. The quantitative estimate of drug-likeness (QED) is 0.569. The number of fused-ring (bicyclic) bond motifs is 1. The van der Waals surface area contributed by atoms with Gasteiger partial charge in [-0.3, -0.25) is 10.1 Å². The molecule has 0 aliphatic carbocycles. The summed E-state index contributed by atoms with van der Waals surface area (Å²) in [6, 6.07) is 9.39. The number of aromatic hydroxyl groups is 1. The second-order valence-corrected chi connectivity index (χ2v) is 4.40. The van der Waals surface area contributed by atoms with Gasteiger partial charge < -0.3 is 14.8 Å². The number of aromatic amines is 1. The minimum Gasteiger partial charge on any atom is -0.504 e. The SMILES string of the molecule is COc1cccc(-c2nc3ccc([N+](=O)[O-])cc3[nH]2)c1O. The van der Waals surface area contributed by atoms with Crippen molar-refractivity contribution >= 4 is 16.7 Å². The highest BCUT2D eigenvalue weighted by molar-refractivity contribution is 5.83. The predicted molar refractivity (Wildman–Crippen MR) is 76.4 cm³/mol. The lowest BCUT2D eigenvalue weighted by Gasteiger charge is -2.06.